The van der Waals surface area contributed by atoms with Crippen LogP contribution in [0.25, 0.3) is 10.2 Å². The fraction of sp³-hybridized carbons (Fsp3) is 0.500. The fourth-order valence-electron chi connectivity index (χ4n) is 2.39. The molecule has 1 fully saturated rings. The molecule has 3 heterocycles. The number of aromatic nitrogens is 2. The molecule has 0 aliphatic carbocycles. The summed E-state index contributed by atoms with van der Waals surface area (Å²) in [5.74, 6) is 1.59. The minimum atomic E-state index is 0.325. The second-order valence-corrected chi connectivity index (χ2v) is 5.61. The molecule has 90 valence electrons. The van der Waals surface area contributed by atoms with Gasteiger partial charge in [-0.15, -0.1) is 11.3 Å². The zero-order valence-electron chi connectivity index (χ0n) is 9.84. The fourth-order valence-corrected chi connectivity index (χ4v) is 3.11. The number of hydrogen-bond acceptors (Lipinski definition) is 5. The van der Waals surface area contributed by atoms with E-state index < -0.39 is 0 Å². The van der Waals surface area contributed by atoms with Crippen molar-refractivity contribution < 1.29 is 0 Å². The molecule has 0 aromatic carbocycles. The van der Waals surface area contributed by atoms with Crippen molar-refractivity contribution in [3.63, 3.8) is 0 Å². The van der Waals surface area contributed by atoms with Crippen LogP contribution in [0.3, 0.4) is 0 Å². The minimum Gasteiger partial charge on any atom is -0.356 e. The predicted molar refractivity (Wildman–Crippen MR) is 71.4 cm³/mol. The molecule has 0 amide bonds. The largest absolute Gasteiger partial charge is 0.356 e. The lowest BCUT2D eigenvalue weighted by atomic mass is 9.95. The number of rotatable bonds is 1. The predicted octanol–water partition coefficient (Wildman–Crippen LogP) is 1.86. The van der Waals surface area contributed by atoms with E-state index in [1.165, 1.54) is 5.39 Å². The van der Waals surface area contributed by atoms with Gasteiger partial charge in [-0.05, 0) is 23.8 Å². The molecule has 3 rings (SSSR count). The second-order valence-electron chi connectivity index (χ2n) is 4.71. The Morgan fingerprint density at radius 2 is 2.35 bits per heavy atom. The van der Waals surface area contributed by atoms with Crippen LogP contribution in [0.2, 0.25) is 0 Å². The molecule has 0 spiro atoms. The van der Waals surface area contributed by atoms with Gasteiger partial charge in [0.2, 0.25) is 0 Å². The lowest BCUT2D eigenvalue weighted by Gasteiger charge is -2.36. The first-order valence-electron chi connectivity index (χ1n) is 5.94. The lowest BCUT2D eigenvalue weighted by molar-refractivity contribution is 0.382. The summed E-state index contributed by atoms with van der Waals surface area (Å²) in [4.78, 5) is 12.1. The molecule has 0 bridgehead atoms. The lowest BCUT2D eigenvalue weighted by Crippen LogP contribution is -2.46. The van der Waals surface area contributed by atoms with E-state index >= 15 is 0 Å². The van der Waals surface area contributed by atoms with Gasteiger partial charge in [-0.3, -0.25) is 0 Å². The van der Waals surface area contributed by atoms with E-state index in [2.05, 4.69) is 33.2 Å². The maximum atomic E-state index is 6.05. The molecule has 17 heavy (non-hydrogen) atoms. The van der Waals surface area contributed by atoms with Crippen molar-refractivity contribution in [3.05, 3.63) is 17.8 Å². The van der Waals surface area contributed by atoms with Crippen LogP contribution in [0.4, 0.5) is 5.82 Å². The van der Waals surface area contributed by atoms with E-state index in [0.29, 0.717) is 12.0 Å². The summed E-state index contributed by atoms with van der Waals surface area (Å²) in [6.45, 7) is 4.19. The first kappa shape index (κ1) is 10.9. The Balaban J connectivity index is 1.96. The van der Waals surface area contributed by atoms with Gasteiger partial charge in [-0.1, -0.05) is 6.92 Å². The second kappa shape index (κ2) is 4.23. The number of piperidine rings is 1. The SMILES string of the molecule is CC1CN(c2ncnc3sccc23)CCC1N. The highest BCUT2D eigenvalue weighted by molar-refractivity contribution is 7.16. The van der Waals surface area contributed by atoms with Gasteiger partial charge in [0.25, 0.3) is 0 Å². The quantitative estimate of drug-likeness (QED) is 0.837. The molecule has 0 radical (unpaired) electrons. The summed E-state index contributed by atoms with van der Waals surface area (Å²) in [6.07, 6.45) is 2.70. The van der Waals surface area contributed by atoms with E-state index in [1.54, 1.807) is 17.7 Å². The van der Waals surface area contributed by atoms with Gasteiger partial charge in [0.05, 0.1) is 5.39 Å². The van der Waals surface area contributed by atoms with E-state index in [-0.39, 0.29) is 0 Å². The number of fused-ring (bicyclic) bond motifs is 1. The highest BCUT2D eigenvalue weighted by Crippen LogP contribution is 2.29. The zero-order chi connectivity index (χ0) is 11.8. The summed E-state index contributed by atoms with van der Waals surface area (Å²) in [5, 5.41) is 3.24. The molecule has 0 saturated carbocycles. The first-order chi connectivity index (χ1) is 8.25. The third kappa shape index (κ3) is 1.89. The Labute approximate surface area is 104 Å². The third-order valence-corrected chi connectivity index (χ3v) is 4.33. The molecule has 2 atom stereocenters. The van der Waals surface area contributed by atoms with Crippen molar-refractivity contribution in [2.24, 2.45) is 11.7 Å². The van der Waals surface area contributed by atoms with Crippen molar-refractivity contribution >= 4 is 27.4 Å². The Bertz CT molecular complexity index is 524. The molecule has 4 nitrogen and oxygen atoms in total. The average molecular weight is 248 g/mol. The molecule has 1 aliphatic rings. The number of nitrogens with zero attached hydrogens (tertiary/aromatic N) is 3. The Morgan fingerprint density at radius 3 is 3.18 bits per heavy atom. The Morgan fingerprint density at radius 1 is 1.47 bits per heavy atom. The molecule has 5 heteroatoms. The van der Waals surface area contributed by atoms with E-state index in [4.69, 9.17) is 5.73 Å². The molecule has 1 aliphatic heterocycles. The molecule has 2 N–H and O–H groups in total. The number of hydrogen-bond donors (Lipinski definition) is 1. The average Bonchev–Trinajstić information content (AvgIpc) is 2.80. The van der Waals surface area contributed by atoms with Gasteiger partial charge in [-0.2, -0.15) is 0 Å². The van der Waals surface area contributed by atoms with Crippen molar-refractivity contribution in [2.45, 2.75) is 19.4 Å². The van der Waals surface area contributed by atoms with Crippen molar-refractivity contribution in [1.82, 2.24) is 9.97 Å². The van der Waals surface area contributed by atoms with Gasteiger partial charge in [-0.25, -0.2) is 9.97 Å². The maximum absolute atomic E-state index is 6.05. The molecule has 2 unspecified atom stereocenters. The smallest absolute Gasteiger partial charge is 0.140 e. The van der Waals surface area contributed by atoms with Gasteiger partial charge < -0.3 is 10.6 Å². The van der Waals surface area contributed by atoms with Crippen molar-refractivity contribution in [1.29, 1.82) is 0 Å². The van der Waals surface area contributed by atoms with Crippen LogP contribution in [0.1, 0.15) is 13.3 Å². The van der Waals surface area contributed by atoms with E-state index in [0.717, 1.165) is 30.2 Å². The normalized spacial score (nSPS) is 25.4. The number of anilines is 1. The number of nitrogens with two attached hydrogens (primary N) is 1. The summed E-state index contributed by atoms with van der Waals surface area (Å²) < 4.78 is 0. The summed E-state index contributed by atoms with van der Waals surface area (Å²) in [7, 11) is 0. The van der Waals surface area contributed by atoms with Crippen LogP contribution < -0.4 is 10.6 Å². The minimum absolute atomic E-state index is 0.325. The molecular formula is C12H16N4S. The summed E-state index contributed by atoms with van der Waals surface area (Å²) in [5.41, 5.74) is 6.05. The molecule has 2 aromatic rings. The topological polar surface area (TPSA) is 55.0 Å². The Hall–Kier alpha value is -1.20. The van der Waals surface area contributed by atoms with Crippen molar-refractivity contribution in [2.75, 3.05) is 18.0 Å². The van der Waals surface area contributed by atoms with Crippen LogP contribution in [0, 0.1) is 5.92 Å². The Kier molecular flexibility index (Phi) is 2.72. The molecular weight excluding hydrogens is 232 g/mol. The van der Waals surface area contributed by atoms with Gasteiger partial charge >= 0.3 is 0 Å². The summed E-state index contributed by atoms with van der Waals surface area (Å²) in [6, 6.07) is 2.43. The molecule has 2 aromatic heterocycles. The first-order valence-corrected chi connectivity index (χ1v) is 6.82. The van der Waals surface area contributed by atoms with Crippen molar-refractivity contribution in [3.8, 4) is 0 Å². The third-order valence-electron chi connectivity index (χ3n) is 3.51. The van der Waals surface area contributed by atoms with Gasteiger partial charge in [0.15, 0.2) is 0 Å². The van der Waals surface area contributed by atoms with Gasteiger partial charge in [0, 0.05) is 19.1 Å². The number of thiophene rings is 1. The van der Waals surface area contributed by atoms with E-state index in [1.807, 2.05) is 0 Å². The van der Waals surface area contributed by atoms with Crippen LogP contribution >= 0.6 is 11.3 Å². The maximum Gasteiger partial charge on any atom is 0.140 e. The standard InChI is InChI=1S/C12H16N4S/c1-8-6-16(4-2-10(8)13)11-9-3-5-17-12(9)15-7-14-11/h3,5,7-8,10H,2,4,6,13H2,1H3. The molecule has 1 saturated heterocycles. The van der Waals surface area contributed by atoms with Gasteiger partial charge in [0.1, 0.15) is 17.0 Å². The highest BCUT2D eigenvalue weighted by Gasteiger charge is 2.25. The van der Waals surface area contributed by atoms with Crippen LogP contribution in [-0.2, 0) is 0 Å². The monoisotopic (exact) mass is 248 g/mol. The zero-order valence-corrected chi connectivity index (χ0v) is 10.7. The van der Waals surface area contributed by atoms with Crippen LogP contribution in [0.5, 0.6) is 0 Å². The highest BCUT2D eigenvalue weighted by atomic mass is 32.1. The summed E-state index contributed by atoms with van der Waals surface area (Å²) >= 11 is 1.66. The van der Waals surface area contributed by atoms with E-state index in [9.17, 15) is 0 Å². The van der Waals surface area contributed by atoms with Crippen LogP contribution in [0.15, 0.2) is 17.8 Å². The van der Waals surface area contributed by atoms with Crippen LogP contribution in [-0.4, -0.2) is 29.1 Å².